The average Bonchev–Trinajstić information content (AvgIpc) is 2.46. The van der Waals surface area contributed by atoms with Gasteiger partial charge in [0.15, 0.2) is 0 Å². The molecule has 0 aromatic heterocycles. The Morgan fingerprint density at radius 2 is 2.29 bits per heavy atom. The number of morpholine rings is 1. The number of hydrogen-bond acceptors (Lipinski definition) is 5. The Labute approximate surface area is 122 Å². The molecule has 7 nitrogen and oxygen atoms in total. The van der Waals surface area contributed by atoms with E-state index in [0.717, 1.165) is 5.56 Å². The third-order valence-corrected chi connectivity index (χ3v) is 3.55. The van der Waals surface area contributed by atoms with E-state index in [-0.39, 0.29) is 30.4 Å². The van der Waals surface area contributed by atoms with E-state index < -0.39 is 16.9 Å². The van der Waals surface area contributed by atoms with Crippen molar-refractivity contribution in [3.63, 3.8) is 0 Å². The number of ether oxygens (including phenoxy) is 1. The second-order valence-corrected chi connectivity index (χ2v) is 5.22. The monoisotopic (exact) mass is 294 g/mol. The predicted molar refractivity (Wildman–Crippen MR) is 75.2 cm³/mol. The Kier molecular flexibility index (Phi) is 4.54. The molecule has 1 aliphatic heterocycles. The van der Waals surface area contributed by atoms with Gasteiger partial charge in [-0.2, -0.15) is 0 Å². The van der Waals surface area contributed by atoms with Crippen LogP contribution in [0.5, 0.6) is 0 Å². The first kappa shape index (κ1) is 15.4. The van der Waals surface area contributed by atoms with E-state index in [1.807, 2.05) is 6.92 Å². The van der Waals surface area contributed by atoms with Crippen LogP contribution in [0.2, 0.25) is 0 Å². The van der Waals surface area contributed by atoms with Crippen LogP contribution in [0.4, 0.5) is 5.69 Å². The van der Waals surface area contributed by atoms with E-state index in [2.05, 4.69) is 0 Å². The van der Waals surface area contributed by atoms with Crippen molar-refractivity contribution in [2.24, 2.45) is 0 Å². The van der Waals surface area contributed by atoms with Crippen molar-refractivity contribution >= 4 is 11.6 Å². The normalized spacial score (nSPS) is 22.1. The molecule has 21 heavy (non-hydrogen) atoms. The molecule has 1 heterocycles. The zero-order valence-corrected chi connectivity index (χ0v) is 12.0. The third kappa shape index (κ3) is 3.20. The molecular formula is C14H18N2O5. The number of carbonyl (C=O) groups excluding carboxylic acids is 1. The number of aliphatic hydroxyl groups excluding tert-OH is 1. The van der Waals surface area contributed by atoms with Crippen LogP contribution in [-0.4, -0.2) is 52.7 Å². The summed E-state index contributed by atoms with van der Waals surface area (Å²) in [5.74, 6) is -0.403. The van der Waals surface area contributed by atoms with E-state index in [1.165, 1.54) is 17.0 Å². The lowest BCUT2D eigenvalue weighted by atomic mass is 10.1. The number of nitro benzene ring substituents is 1. The Balaban J connectivity index is 2.34. The number of carbonyl (C=O) groups is 1. The maximum Gasteiger partial charge on any atom is 0.282 e. The summed E-state index contributed by atoms with van der Waals surface area (Å²) >= 11 is 0. The van der Waals surface area contributed by atoms with Gasteiger partial charge >= 0.3 is 0 Å². The molecule has 0 aliphatic carbocycles. The van der Waals surface area contributed by atoms with Crippen molar-refractivity contribution in [3.05, 3.63) is 39.4 Å². The van der Waals surface area contributed by atoms with Gasteiger partial charge in [-0.3, -0.25) is 14.9 Å². The van der Waals surface area contributed by atoms with Crippen molar-refractivity contribution in [2.75, 3.05) is 19.8 Å². The number of amides is 1. The second-order valence-electron chi connectivity index (χ2n) is 5.22. The van der Waals surface area contributed by atoms with Gasteiger partial charge in [0, 0.05) is 12.6 Å². The Hall–Kier alpha value is -1.99. The van der Waals surface area contributed by atoms with Crippen molar-refractivity contribution in [1.29, 1.82) is 0 Å². The SMILES string of the molecule is Cc1ccc([N+](=O)[O-])c(C(=O)N2CC(CO)OCC2C)c1. The standard InChI is InChI=1S/C14H18N2O5/c1-9-3-4-13(16(19)20)12(5-9)14(18)15-6-11(7-17)21-8-10(15)2/h3-5,10-11,17H,6-8H2,1-2H3. The zero-order chi connectivity index (χ0) is 15.6. The molecule has 1 amide bonds. The molecule has 0 spiro atoms. The molecule has 1 saturated heterocycles. The highest BCUT2D eigenvalue weighted by Crippen LogP contribution is 2.24. The predicted octanol–water partition coefficient (Wildman–Crippen LogP) is 1.13. The summed E-state index contributed by atoms with van der Waals surface area (Å²) < 4.78 is 5.38. The van der Waals surface area contributed by atoms with E-state index >= 15 is 0 Å². The van der Waals surface area contributed by atoms with Crippen molar-refractivity contribution in [2.45, 2.75) is 26.0 Å². The summed E-state index contributed by atoms with van der Waals surface area (Å²) in [6.07, 6.45) is -0.450. The number of nitrogens with zero attached hydrogens (tertiary/aromatic N) is 2. The average molecular weight is 294 g/mol. The topological polar surface area (TPSA) is 92.9 Å². The largest absolute Gasteiger partial charge is 0.394 e. The lowest BCUT2D eigenvalue weighted by molar-refractivity contribution is -0.385. The van der Waals surface area contributed by atoms with Crippen LogP contribution in [0, 0.1) is 17.0 Å². The lowest BCUT2D eigenvalue weighted by Crippen LogP contribution is -2.52. The molecule has 1 aromatic carbocycles. The number of aryl methyl sites for hydroxylation is 1. The van der Waals surface area contributed by atoms with Crippen LogP contribution in [0.3, 0.4) is 0 Å². The maximum atomic E-state index is 12.6. The highest BCUT2D eigenvalue weighted by molar-refractivity contribution is 5.98. The molecule has 0 radical (unpaired) electrons. The van der Waals surface area contributed by atoms with Gasteiger partial charge in [0.1, 0.15) is 5.56 Å². The van der Waals surface area contributed by atoms with E-state index in [0.29, 0.717) is 6.61 Å². The molecule has 0 saturated carbocycles. The molecule has 1 aliphatic rings. The fourth-order valence-electron chi connectivity index (χ4n) is 2.35. The highest BCUT2D eigenvalue weighted by Gasteiger charge is 2.33. The highest BCUT2D eigenvalue weighted by atomic mass is 16.6. The van der Waals surface area contributed by atoms with Gasteiger partial charge in [-0.25, -0.2) is 0 Å². The van der Waals surface area contributed by atoms with Crippen LogP contribution in [0.15, 0.2) is 18.2 Å². The van der Waals surface area contributed by atoms with E-state index in [4.69, 9.17) is 9.84 Å². The first-order chi connectivity index (χ1) is 9.93. The number of rotatable bonds is 3. The van der Waals surface area contributed by atoms with Gasteiger partial charge in [0.25, 0.3) is 11.6 Å². The minimum Gasteiger partial charge on any atom is -0.394 e. The number of nitro groups is 1. The quantitative estimate of drug-likeness (QED) is 0.666. The summed E-state index contributed by atoms with van der Waals surface area (Å²) in [6, 6.07) is 4.28. The Morgan fingerprint density at radius 3 is 2.90 bits per heavy atom. The summed E-state index contributed by atoms with van der Waals surface area (Å²) in [5, 5.41) is 20.3. The van der Waals surface area contributed by atoms with Crippen LogP contribution in [-0.2, 0) is 4.74 Å². The Morgan fingerprint density at radius 1 is 1.57 bits per heavy atom. The smallest absolute Gasteiger partial charge is 0.282 e. The molecule has 2 rings (SSSR count). The van der Waals surface area contributed by atoms with Gasteiger partial charge in [0.05, 0.1) is 30.3 Å². The van der Waals surface area contributed by atoms with Gasteiger partial charge in [-0.05, 0) is 25.5 Å². The molecule has 0 bridgehead atoms. The van der Waals surface area contributed by atoms with E-state index in [1.54, 1.807) is 13.0 Å². The fourth-order valence-corrected chi connectivity index (χ4v) is 2.35. The van der Waals surface area contributed by atoms with Gasteiger partial charge in [-0.1, -0.05) is 6.07 Å². The first-order valence-electron chi connectivity index (χ1n) is 6.72. The maximum absolute atomic E-state index is 12.6. The molecule has 7 heteroatoms. The third-order valence-electron chi connectivity index (χ3n) is 3.55. The second kappa shape index (κ2) is 6.19. The summed E-state index contributed by atoms with van der Waals surface area (Å²) in [4.78, 5) is 24.7. The summed E-state index contributed by atoms with van der Waals surface area (Å²) in [6.45, 7) is 3.93. The molecule has 1 aromatic rings. The lowest BCUT2D eigenvalue weighted by Gasteiger charge is -2.37. The Bertz CT molecular complexity index is 560. The van der Waals surface area contributed by atoms with Crippen molar-refractivity contribution < 1.29 is 19.6 Å². The van der Waals surface area contributed by atoms with E-state index in [9.17, 15) is 14.9 Å². The fraction of sp³-hybridized carbons (Fsp3) is 0.500. The van der Waals surface area contributed by atoms with Gasteiger partial charge in [0.2, 0.25) is 0 Å². The number of aliphatic hydroxyl groups is 1. The minimum absolute atomic E-state index is 0.0745. The number of benzene rings is 1. The van der Waals surface area contributed by atoms with Crippen molar-refractivity contribution in [1.82, 2.24) is 4.90 Å². The van der Waals surface area contributed by atoms with Gasteiger partial charge in [-0.15, -0.1) is 0 Å². The summed E-state index contributed by atoms with van der Waals surface area (Å²) in [7, 11) is 0. The molecule has 2 unspecified atom stereocenters. The van der Waals surface area contributed by atoms with Crippen LogP contribution >= 0.6 is 0 Å². The zero-order valence-electron chi connectivity index (χ0n) is 12.0. The molecule has 1 fully saturated rings. The molecule has 1 N–H and O–H groups in total. The summed E-state index contributed by atoms with van der Waals surface area (Å²) in [5.41, 5.74) is 0.652. The molecule has 2 atom stereocenters. The first-order valence-corrected chi connectivity index (χ1v) is 6.72. The van der Waals surface area contributed by atoms with Crippen LogP contribution in [0.25, 0.3) is 0 Å². The van der Waals surface area contributed by atoms with Crippen LogP contribution < -0.4 is 0 Å². The van der Waals surface area contributed by atoms with Crippen molar-refractivity contribution in [3.8, 4) is 0 Å². The molecule has 114 valence electrons. The van der Waals surface area contributed by atoms with Crippen LogP contribution in [0.1, 0.15) is 22.8 Å². The minimum atomic E-state index is -0.554. The van der Waals surface area contributed by atoms with Gasteiger partial charge < -0.3 is 14.7 Å². The molecular weight excluding hydrogens is 276 g/mol. The number of hydrogen-bond donors (Lipinski definition) is 1.